The van der Waals surface area contributed by atoms with Crippen LogP contribution in [-0.4, -0.2) is 11.1 Å². The lowest BCUT2D eigenvalue weighted by molar-refractivity contribution is -0.131. The number of carboxylic acids is 1. The molecule has 0 saturated carbocycles. The first-order valence-electron chi connectivity index (χ1n) is 11.6. The lowest BCUT2D eigenvalue weighted by atomic mass is 9.91. The first-order valence-corrected chi connectivity index (χ1v) is 11.6. The van der Waals surface area contributed by atoms with Gasteiger partial charge < -0.3 is 5.11 Å². The van der Waals surface area contributed by atoms with E-state index in [-0.39, 0.29) is 0 Å². The number of hydrogen-bond acceptors (Lipinski definition) is 1. The van der Waals surface area contributed by atoms with E-state index < -0.39 is 5.97 Å². The van der Waals surface area contributed by atoms with Gasteiger partial charge in [0.05, 0.1) is 0 Å². The van der Waals surface area contributed by atoms with Crippen LogP contribution in [0.1, 0.15) is 98.0 Å². The molecule has 1 rings (SSSR count). The van der Waals surface area contributed by atoms with Crippen LogP contribution in [0.5, 0.6) is 0 Å². The van der Waals surface area contributed by atoms with Crippen molar-refractivity contribution in [3.05, 3.63) is 47.5 Å². The van der Waals surface area contributed by atoms with Crippen LogP contribution in [0.2, 0.25) is 0 Å². The zero-order valence-electron chi connectivity index (χ0n) is 19.9. The summed E-state index contributed by atoms with van der Waals surface area (Å²) in [4.78, 5) is 10.5. The van der Waals surface area contributed by atoms with Gasteiger partial charge in [-0.2, -0.15) is 0 Å². The molecular weight excluding hydrogens is 356 g/mol. The molecule has 0 aromatic heterocycles. The normalized spacial score (nSPS) is 13.6. The first-order chi connectivity index (χ1) is 13.7. The summed E-state index contributed by atoms with van der Waals surface area (Å²) < 4.78 is 0. The molecule has 0 aliphatic carbocycles. The quantitative estimate of drug-likeness (QED) is 0.336. The molecule has 0 unspecified atom stereocenters. The fourth-order valence-corrected chi connectivity index (χ4v) is 3.52. The van der Waals surface area contributed by atoms with E-state index in [4.69, 9.17) is 5.11 Å². The van der Waals surface area contributed by atoms with Crippen LogP contribution in [-0.2, 0) is 4.79 Å². The summed E-state index contributed by atoms with van der Waals surface area (Å²) in [6, 6.07) is 10.3. The minimum absolute atomic E-state index is 0.764. The molecule has 0 saturated heterocycles. The Morgan fingerprint density at radius 3 is 1.76 bits per heavy atom. The van der Waals surface area contributed by atoms with Crippen molar-refractivity contribution in [1.29, 1.82) is 0 Å². The van der Waals surface area contributed by atoms with Crippen molar-refractivity contribution in [1.82, 2.24) is 0 Å². The zero-order valence-corrected chi connectivity index (χ0v) is 19.9. The van der Waals surface area contributed by atoms with E-state index in [2.05, 4.69) is 46.8 Å². The van der Waals surface area contributed by atoms with Gasteiger partial charge in [0.1, 0.15) is 0 Å². The van der Waals surface area contributed by atoms with Crippen molar-refractivity contribution >= 4 is 5.97 Å². The van der Waals surface area contributed by atoms with E-state index in [1.54, 1.807) is 0 Å². The number of hydrogen-bond donors (Lipinski definition) is 1. The summed E-state index contributed by atoms with van der Waals surface area (Å²) in [7, 11) is 0. The topological polar surface area (TPSA) is 37.3 Å². The summed E-state index contributed by atoms with van der Waals surface area (Å²) in [5.74, 6) is 1.65. The van der Waals surface area contributed by atoms with Gasteiger partial charge in [0.25, 0.3) is 0 Å². The Kier molecular flexibility index (Phi) is 16.4. The first kappa shape index (κ1) is 27.4. The highest BCUT2D eigenvalue weighted by molar-refractivity contribution is 5.80. The zero-order chi connectivity index (χ0) is 22.1. The van der Waals surface area contributed by atoms with Crippen LogP contribution in [0.4, 0.5) is 0 Å². The molecule has 1 N–H and O–H groups in total. The lowest BCUT2D eigenvalue weighted by Gasteiger charge is -2.15. The van der Waals surface area contributed by atoms with Gasteiger partial charge in [0.15, 0.2) is 0 Å². The second-order valence-electron chi connectivity index (χ2n) is 9.34. The third kappa shape index (κ3) is 19.5. The molecule has 0 heterocycles. The molecule has 166 valence electrons. The smallest absolute Gasteiger partial charge is 0.328 e. The Balaban J connectivity index is 0.000000929. The molecule has 0 fully saturated rings. The van der Waals surface area contributed by atoms with Gasteiger partial charge in [-0.1, -0.05) is 114 Å². The molecule has 2 heteroatoms. The number of carbonyl (C=O) groups is 1. The van der Waals surface area contributed by atoms with Gasteiger partial charge in [-0.3, -0.25) is 0 Å². The van der Waals surface area contributed by atoms with E-state index in [0.29, 0.717) is 0 Å². The van der Waals surface area contributed by atoms with Crippen molar-refractivity contribution in [2.45, 2.75) is 99.3 Å². The molecule has 1 aromatic rings. The highest BCUT2D eigenvalue weighted by atomic mass is 16.4. The van der Waals surface area contributed by atoms with Crippen LogP contribution in [0, 0.1) is 24.7 Å². The fraction of sp³-hybridized carbons (Fsp3) is 0.667. The second kappa shape index (κ2) is 17.3. The maximum absolute atomic E-state index is 10.5. The number of aryl methyl sites for hydroxylation is 1. The van der Waals surface area contributed by atoms with Crippen molar-refractivity contribution in [2.75, 3.05) is 0 Å². The van der Waals surface area contributed by atoms with Gasteiger partial charge in [-0.25, -0.2) is 4.79 Å². The maximum Gasteiger partial charge on any atom is 0.328 e. The SMILES string of the molecule is C/C(=C\C(=O)O)CCC[C@H](C)CCC[C@H](C)CCCC(C)C.Cc1ccccc1. The Hall–Kier alpha value is -1.57. The maximum atomic E-state index is 10.5. The third-order valence-corrected chi connectivity index (χ3v) is 5.45. The van der Waals surface area contributed by atoms with Gasteiger partial charge >= 0.3 is 5.97 Å². The number of allylic oxidation sites excluding steroid dienone is 1. The number of carboxylic acid groups (broad SMARTS) is 1. The van der Waals surface area contributed by atoms with E-state index >= 15 is 0 Å². The van der Waals surface area contributed by atoms with Crippen molar-refractivity contribution in [3.8, 4) is 0 Å². The molecule has 29 heavy (non-hydrogen) atoms. The Labute approximate surface area is 180 Å². The van der Waals surface area contributed by atoms with E-state index in [1.165, 1.54) is 56.6 Å². The standard InChI is InChI=1S/C20H38O2.C7H8/c1-16(2)9-6-10-17(3)11-7-12-18(4)13-8-14-19(5)15-20(21)22;1-7-5-3-2-4-6-7/h15-18H,6-14H2,1-5H3,(H,21,22);2-6H,1H3/b19-15+;/t17-,18-;/m1./s1. The number of aliphatic carboxylic acids is 1. The largest absolute Gasteiger partial charge is 0.478 e. The van der Waals surface area contributed by atoms with Crippen molar-refractivity contribution in [3.63, 3.8) is 0 Å². The average Bonchev–Trinajstić information content (AvgIpc) is 2.62. The van der Waals surface area contributed by atoms with Crippen molar-refractivity contribution < 1.29 is 9.90 Å². The highest BCUT2D eigenvalue weighted by Gasteiger charge is 2.06. The van der Waals surface area contributed by atoms with Crippen LogP contribution < -0.4 is 0 Å². The summed E-state index contributed by atoms with van der Waals surface area (Å²) in [5, 5.41) is 8.68. The molecular formula is C27H46O2. The summed E-state index contributed by atoms with van der Waals surface area (Å²) in [5.41, 5.74) is 2.31. The monoisotopic (exact) mass is 402 g/mol. The van der Waals surface area contributed by atoms with E-state index in [0.717, 1.165) is 36.2 Å². The van der Waals surface area contributed by atoms with Crippen LogP contribution in [0.25, 0.3) is 0 Å². The van der Waals surface area contributed by atoms with Gasteiger partial charge in [0, 0.05) is 6.08 Å². The van der Waals surface area contributed by atoms with Crippen LogP contribution in [0.3, 0.4) is 0 Å². The Morgan fingerprint density at radius 1 is 0.862 bits per heavy atom. The molecule has 0 amide bonds. The molecule has 0 bridgehead atoms. The number of rotatable bonds is 13. The minimum atomic E-state index is -0.822. The van der Waals surface area contributed by atoms with Crippen molar-refractivity contribution in [2.24, 2.45) is 17.8 Å². The van der Waals surface area contributed by atoms with Gasteiger partial charge in [-0.15, -0.1) is 0 Å². The molecule has 2 atom stereocenters. The third-order valence-electron chi connectivity index (χ3n) is 5.45. The summed E-state index contributed by atoms with van der Waals surface area (Å²) in [6.45, 7) is 13.3. The minimum Gasteiger partial charge on any atom is -0.478 e. The van der Waals surface area contributed by atoms with Gasteiger partial charge in [-0.05, 0) is 44.4 Å². The number of benzene rings is 1. The molecule has 0 aliphatic heterocycles. The van der Waals surface area contributed by atoms with Crippen LogP contribution in [0.15, 0.2) is 42.0 Å². The molecule has 2 nitrogen and oxygen atoms in total. The molecule has 0 spiro atoms. The summed E-state index contributed by atoms with van der Waals surface area (Å²) in [6.07, 6.45) is 12.7. The van der Waals surface area contributed by atoms with E-state index in [1.807, 2.05) is 25.1 Å². The predicted molar refractivity (Wildman–Crippen MR) is 127 cm³/mol. The van der Waals surface area contributed by atoms with Gasteiger partial charge in [0.2, 0.25) is 0 Å². The molecule has 0 aliphatic rings. The average molecular weight is 403 g/mol. The fourth-order valence-electron chi connectivity index (χ4n) is 3.52. The second-order valence-corrected chi connectivity index (χ2v) is 9.34. The predicted octanol–water partition coefficient (Wildman–Crippen LogP) is 8.45. The summed E-state index contributed by atoms with van der Waals surface area (Å²) >= 11 is 0. The highest BCUT2D eigenvalue weighted by Crippen LogP contribution is 2.22. The Morgan fingerprint density at radius 2 is 1.34 bits per heavy atom. The lowest BCUT2D eigenvalue weighted by Crippen LogP contribution is -2.00. The van der Waals surface area contributed by atoms with Crippen LogP contribution >= 0.6 is 0 Å². The molecule has 1 aromatic carbocycles. The van der Waals surface area contributed by atoms with E-state index in [9.17, 15) is 4.79 Å². The Bertz CT molecular complexity index is 545. The molecule has 0 radical (unpaired) electrons.